The van der Waals surface area contributed by atoms with Crippen molar-refractivity contribution in [2.24, 2.45) is 17.1 Å². The van der Waals surface area contributed by atoms with E-state index in [4.69, 9.17) is 5.73 Å². The van der Waals surface area contributed by atoms with E-state index in [1.165, 1.54) is 6.26 Å². The molecule has 2 N–H and O–H groups in total. The van der Waals surface area contributed by atoms with Crippen molar-refractivity contribution < 1.29 is 8.42 Å². The molecule has 1 saturated carbocycles. The van der Waals surface area contributed by atoms with E-state index in [1.807, 2.05) is 0 Å². The second-order valence-electron chi connectivity index (χ2n) is 5.31. The van der Waals surface area contributed by atoms with E-state index in [0.29, 0.717) is 0 Å². The second kappa shape index (κ2) is 3.81. The molecule has 2 atom stereocenters. The van der Waals surface area contributed by atoms with E-state index in [2.05, 4.69) is 13.8 Å². The molecule has 14 heavy (non-hydrogen) atoms. The monoisotopic (exact) mass is 219 g/mol. The summed E-state index contributed by atoms with van der Waals surface area (Å²) < 4.78 is 22.5. The van der Waals surface area contributed by atoms with Crippen LogP contribution in [0.4, 0.5) is 0 Å². The van der Waals surface area contributed by atoms with Gasteiger partial charge in [-0.25, -0.2) is 8.42 Å². The van der Waals surface area contributed by atoms with Gasteiger partial charge in [-0.15, -0.1) is 0 Å². The maximum Gasteiger partial charge on any atom is 0.147 e. The van der Waals surface area contributed by atoms with Crippen molar-refractivity contribution in [1.82, 2.24) is 0 Å². The van der Waals surface area contributed by atoms with Gasteiger partial charge in [0.05, 0.1) is 5.75 Å². The van der Waals surface area contributed by atoms with Crippen molar-refractivity contribution in [3.8, 4) is 0 Å². The molecule has 0 heterocycles. The molecule has 1 fully saturated rings. The van der Waals surface area contributed by atoms with Crippen molar-refractivity contribution in [3.05, 3.63) is 0 Å². The van der Waals surface area contributed by atoms with E-state index < -0.39 is 9.84 Å². The van der Waals surface area contributed by atoms with Gasteiger partial charge < -0.3 is 5.73 Å². The Morgan fingerprint density at radius 2 is 2.00 bits per heavy atom. The molecule has 0 aromatic carbocycles. The summed E-state index contributed by atoms with van der Waals surface area (Å²) in [6, 6.07) is 0.190. The third-order valence-electron chi connectivity index (χ3n) is 3.36. The van der Waals surface area contributed by atoms with E-state index in [0.717, 1.165) is 19.3 Å². The van der Waals surface area contributed by atoms with Crippen LogP contribution in [0.5, 0.6) is 0 Å². The summed E-state index contributed by atoms with van der Waals surface area (Å²) in [7, 11) is -2.87. The van der Waals surface area contributed by atoms with Crippen molar-refractivity contribution in [2.45, 2.75) is 39.2 Å². The summed E-state index contributed by atoms with van der Waals surface area (Å²) >= 11 is 0. The standard InChI is InChI=1S/C10H21NO2S/c1-10(2)5-4-9(11)6-8(10)7-14(3,12)13/h8-9H,4-7,11H2,1-3H3. The van der Waals surface area contributed by atoms with Gasteiger partial charge in [0.25, 0.3) is 0 Å². The van der Waals surface area contributed by atoms with E-state index in [-0.39, 0.29) is 23.1 Å². The third kappa shape index (κ3) is 3.24. The number of hydrogen-bond acceptors (Lipinski definition) is 3. The Morgan fingerprint density at radius 1 is 1.43 bits per heavy atom. The van der Waals surface area contributed by atoms with Gasteiger partial charge in [-0.2, -0.15) is 0 Å². The van der Waals surface area contributed by atoms with Crippen molar-refractivity contribution in [1.29, 1.82) is 0 Å². The van der Waals surface area contributed by atoms with E-state index >= 15 is 0 Å². The van der Waals surface area contributed by atoms with Crippen molar-refractivity contribution >= 4 is 9.84 Å². The summed E-state index contributed by atoms with van der Waals surface area (Å²) in [5.74, 6) is 0.509. The van der Waals surface area contributed by atoms with Gasteiger partial charge in [-0.1, -0.05) is 13.8 Å². The largest absolute Gasteiger partial charge is 0.328 e. The number of sulfone groups is 1. The van der Waals surface area contributed by atoms with Crippen LogP contribution in [0.25, 0.3) is 0 Å². The minimum atomic E-state index is -2.87. The van der Waals surface area contributed by atoms with Crippen molar-refractivity contribution in [2.75, 3.05) is 12.0 Å². The molecule has 2 unspecified atom stereocenters. The summed E-state index contributed by atoms with van der Waals surface area (Å²) in [6.07, 6.45) is 4.21. The van der Waals surface area contributed by atoms with Crippen LogP contribution in [0.3, 0.4) is 0 Å². The first-order valence-electron chi connectivity index (χ1n) is 5.14. The molecule has 0 aromatic rings. The van der Waals surface area contributed by atoms with Gasteiger partial charge in [0.15, 0.2) is 0 Å². The van der Waals surface area contributed by atoms with Gasteiger partial charge in [0.1, 0.15) is 9.84 Å². The fraction of sp³-hybridized carbons (Fsp3) is 1.00. The highest BCUT2D eigenvalue weighted by molar-refractivity contribution is 7.90. The SMILES string of the molecule is CC1(C)CCC(N)CC1CS(C)(=O)=O. The fourth-order valence-electron chi connectivity index (χ4n) is 2.22. The van der Waals surface area contributed by atoms with Crippen molar-refractivity contribution in [3.63, 3.8) is 0 Å². The lowest BCUT2D eigenvalue weighted by molar-refractivity contribution is 0.141. The fourth-order valence-corrected chi connectivity index (χ4v) is 3.54. The molecule has 4 heteroatoms. The maximum atomic E-state index is 11.3. The van der Waals surface area contributed by atoms with Gasteiger partial charge >= 0.3 is 0 Å². The molecule has 0 bridgehead atoms. The quantitative estimate of drug-likeness (QED) is 0.758. The summed E-state index contributed by atoms with van der Waals surface area (Å²) in [5.41, 5.74) is 5.99. The molecule has 1 aliphatic rings. The number of rotatable bonds is 2. The average molecular weight is 219 g/mol. The summed E-state index contributed by atoms with van der Waals surface area (Å²) in [5, 5.41) is 0. The normalized spacial score (nSPS) is 32.9. The third-order valence-corrected chi connectivity index (χ3v) is 4.36. The predicted molar refractivity (Wildman–Crippen MR) is 58.8 cm³/mol. The first kappa shape index (κ1) is 12.0. The van der Waals surface area contributed by atoms with Gasteiger partial charge in [0, 0.05) is 12.3 Å². The first-order chi connectivity index (χ1) is 6.21. The van der Waals surface area contributed by atoms with Crippen LogP contribution >= 0.6 is 0 Å². The number of hydrogen-bond donors (Lipinski definition) is 1. The molecule has 84 valence electrons. The van der Waals surface area contributed by atoms with Gasteiger partial charge in [-0.3, -0.25) is 0 Å². The highest BCUT2D eigenvalue weighted by Crippen LogP contribution is 2.40. The zero-order valence-corrected chi connectivity index (χ0v) is 10.1. The highest BCUT2D eigenvalue weighted by Gasteiger charge is 2.36. The Hall–Kier alpha value is -0.0900. The molecule has 0 saturated heterocycles. The maximum absolute atomic E-state index is 11.3. The Kier molecular flexibility index (Phi) is 3.26. The Labute approximate surface area is 87.0 Å². The molecule has 0 aliphatic heterocycles. The highest BCUT2D eigenvalue weighted by atomic mass is 32.2. The topological polar surface area (TPSA) is 60.2 Å². The van der Waals surface area contributed by atoms with E-state index in [1.54, 1.807) is 0 Å². The van der Waals surface area contributed by atoms with Crippen LogP contribution in [0.15, 0.2) is 0 Å². The number of nitrogens with two attached hydrogens (primary N) is 1. The molecule has 0 radical (unpaired) electrons. The molecule has 3 nitrogen and oxygen atoms in total. The van der Waals surface area contributed by atoms with Gasteiger partial charge in [0.2, 0.25) is 0 Å². The van der Waals surface area contributed by atoms with Crippen LogP contribution in [0.1, 0.15) is 33.1 Å². The molecular formula is C10H21NO2S. The summed E-state index contributed by atoms with van der Waals surface area (Å²) in [6.45, 7) is 4.30. The molecule has 1 aliphatic carbocycles. The lowest BCUT2D eigenvalue weighted by Gasteiger charge is -2.40. The van der Waals surface area contributed by atoms with Crippen LogP contribution in [0.2, 0.25) is 0 Å². The van der Waals surface area contributed by atoms with E-state index in [9.17, 15) is 8.42 Å². The minimum Gasteiger partial charge on any atom is -0.328 e. The molecular weight excluding hydrogens is 198 g/mol. The lowest BCUT2D eigenvalue weighted by Crippen LogP contribution is -2.41. The van der Waals surface area contributed by atoms with Crippen LogP contribution in [-0.4, -0.2) is 26.5 Å². The molecule has 0 amide bonds. The van der Waals surface area contributed by atoms with Crippen LogP contribution < -0.4 is 5.73 Å². The predicted octanol–water partition coefficient (Wildman–Crippen LogP) is 1.18. The minimum absolute atomic E-state index is 0.124. The smallest absolute Gasteiger partial charge is 0.147 e. The molecule has 0 aromatic heterocycles. The van der Waals surface area contributed by atoms with Gasteiger partial charge in [-0.05, 0) is 30.6 Å². The van der Waals surface area contributed by atoms with Crippen LogP contribution in [-0.2, 0) is 9.84 Å². The summed E-state index contributed by atoms with van der Waals surface area (Å²) in [4.78, 5) is 0. The lowest BCUT2D eigenvalue weighted by atomic mass is 9.68. The first-order valence-corrected chi connectivity index (χ1v) is 7.20. The zero-order valence-electron chi connectivity index (χ0n) is 9.29. The second-order valence-corrected chi connectivity index (χ2v) is 7.50. The molecule has 1 rings (SSSR count). The zero-order chi connectivity index (χ0) is 11.0. The van der Waals surface area contributed by atoms with Crippen LogP contribution in [0, 0.1) is 11.3 Å². The molecule has 0 spiro atoms. The average Bonchev–Trinajstić information content (AvgIpc) is 1.95. The Morgan fingerprint density at radius 3 is 2.50 bits per heavy atom. The Balaban J connectivity index is 2.73. The Bertz CT molecular complexity index is 295.